The molecule has 0 aliphatic rings. The average molecular weight is 404 g/mol. The van der Waals surface area contributed by atoms with Crippen molar-refractivity contribution in [1.29, 1.82) is 0 Å². The second kappa shape index (κ2) is 7.83. The van der Waals surface area contributed by atoms with Crippen LogP contribution >= 0.6 is 23.2 Å². The number of halogens is 2. The molecule has 0 N–H and O–H groups in total. The van der Waals surface area contributed by atoms with Gasteiger partial charge in [0.25, 0.3) is 0 Å². The van der Waals surface area contributed by atoms with Crippen LogP contribution in [0.2, 0.25) is 10.0 Å². The molecule has 8 heteroatoms. The molecule has 1 unspecified atom stereocenters. The van der Waals surface area contributed by atoms with E-state index < -0.39 is 16.1 Å². The van der Waals surface area contributed by atoms with Gasteiger partial charge in [-0.1, -0.05) is 29.3 Å². The monoisotopic (exact) mass is 403 g/mol. The number of hydrogen-bond acceptors (Lipinski definition) is 4. The molecule has 0 saturated heterocycles. The van der Waals surface area contributed by atoms with Crippen molar-refractivity contribution in [2.45, 2.75) is 17.9 Å². The number of ether oxygens (including phenoxy) is 2. The standard InChI is InChI=1S/C17H19Cl2NO4S/c1-11(14-7-5-12(18)9-15(14)19)20(2)25(21,22)17-10-13(23-3)6-8-16(17)24-4/h5-11H,1-4H3. The van der Waals surface area contributed by atoms with E-state index in [1.54, 1.807) is 37.3 Å². The normalized spacial score (nSPS) is 12.9. The van der Waals surface area contributed by atoms with Gasteiger partial charge in [-0.05, 0) is 36.8 Å². The third-order valence-corrected chi connectivity index (χ3v) is 6.50. The van der Waals surface area contributed by atoms with Crippen LogP contribution in [0.1, 0.15) is 18.5 Å². The van der Waals surface area contributed by atoms with Crippen molar-refractivity contribution in [1.82, 2.24) is 4.31 Å². The summed E-state index contributed by atoms with van der Waals surface area (Å²) in [5.41, 5.74) is 0.652. The van der Waals surface area contributed by atoms with Crippen molar-refractivity contribution in [3.05, 3.63) is 52.0 Å². The molecule has 0 bridgehead atoms. The van der Waals surface area contributed by atoms with Gasteiger partial charge in [0.1, 0.15) is 16.4 Å². The summed E-state index contributed by atoms with van der Waals surface area (Å²) < 4.78 is 37.8. The molecule has 0 aliphatic carbocycles. The van der Waals surface area contributed by atoms with Crippen LogP contribution in [0.15, 0.2) is 41.3 Å². The van der Waals surface area contributed by atoms with Gasteiger partial charge in [-0.15, -0.1) is 0 Å². The molecule has 0 amide bonds. The highest BCUT2D eigenvalue weighted by Gasteiger charge is 2.30. The fourth-order valence-electron chi connectivity index (χ4n) is 2.39. The molecular formula is C17H19Cl2NO4S. The minimum absolute atomic E-state index is 0.0220. The van der Waals surface area contributed by atoms with E-state index in [1.807, 2.05) is 0 Å². The van der Waals surface area contributed by atoms with Gasteiger partial charge in [0.05, 0.1) is 14.2 Å². The number of methoxy groups -OCH3 is 2. The predicted octanol–water partition coefficient (Wildman–Crippen LogP) is 4.39. The van der Waals surface area contributed by atoms with E-state index in [2.05, 4.69) is 0 Å². The van der Waals surface area contributed by atoms with Gasteiger partial charge in [0.15, 0.2) is 0 Å². The first-order valence-corrected chi connectivity index (χ1v) is 9.57. The van der Waals surface area contributed by atoms with Crippen LogP contribution in [0.5, 0.6) is 11.5 Å². The predicted molar refractivity (Wildman–Crippen MR) is 99.4 cm³/mol. The highest BCUT2D eigenvalue weighted by molar-refractivity contribution is 7.89. The van der Waals surface area contributed by atoms with Gasteiger partial charge in [-0.25, -0.2) is 8.42 Å². The van der Waals surface area contributed by atoms with Crippen molar-refractivity contribution >= 4 is 33.2 Å². The lowest BCUT2D eigenvalue weighted by Gasteiger charge is -2.26. The molecule has 0 radical (unpaired) electrons. The second-order valence-electron chi connectivity index (χ2n) is 5.38. The largest absolute Gasteiger partial charge is 0.497 e. The molecule has 136 valence electrons. The third kappa shape index (κ3) is 4.03. The topological polar surface area (TPSA) is 55.8 Å². The molecule has 2 rings (SSSR count). The van der Waals surface area contributed by atoms with E-state index in [-0.39, 0.29) is 10.6 Å². The van der Waals surface area contributed by atoms with Crippen LogP contribution in [-0.4, -0.2) is 34.0 Å². The SMILES string of the molecule is COc1ccc(OC)c(S(=O)(=O)N(C)C(C)c2ccc(Cl)cc2Cl)c1. The number of benzene rings is 2. The Kier molecular flexibility index (Phi) is 6.21. The average Bonchev–Trinajstić information content (AvgIpc) is 2.59. The maximum atomic E-state index is 13.1. The van der Waals surface area contributed by atoms with Gasteiger partial charge in [-0.2, -0.15) is 4.31 Å². The zero-order chi connectivity index (χ0) is 18.8. The van der Waals surface area contributed by atoms with Crippen molar-refractivity contribution in [3.63, 3.8) is 0 Å². The van der Waals surface area contributed by atoms with Crippen molar-refractivity contribution in [2.24, 2.45) is 0 Å². The zero-order valence-electron chi connectivity index (χ0n) is 14.3. The van der Waals surface area contributed by atoms with Crippen LogP contribution in [0.4, 0.5) is 0 Å². The smallest absolute Gasteiger partial charge is 0.247 e. The van der Waals surface area contributed by atoms with E-state index in [4.69, 9.17) is 32.7 Å². The minimum Gasteiger partial charge on any atom is -0.497 e. The zero-order valence-corrected chi connectivity index (χ0v) is 16.6. The quantitative estimate of drug-likeness (QED) is 0.717. The Labute approximate surface area is 158 Å². The fourth-order valence-corrected chi connectivity index (χ4v) is 4.46. The molecule has 0 saturated carbocycles. The van der Waals surface area contributed by atoms with Gasteiger partial charge in [0.2, 0.25) is 10.0 Å². The Bertz CT molecular complexity index is 871. The van der Waals surface area contributed by atoms with Gasteiger partial charge < -0.3 is 9.47 Å². The van der Waals surface area contributed by atoms with Gasteiger partial charge in [-0.3, -0.25) is 0 Å². The summed E-state index contributed by atoms with van der Waals surface area (Å²) in [5, 5.41) is 0.889. The van der Waals surface area contributed by atoms with Crippen molar-refractivity contribution in [2.75, 3.05) is 21.3 Å². The van der Waals surface area contributed by atoms with Crippen LogP contribution < -0.4 is 9.47 Å². The first-order valence-electron chi connectivity index (χ1n) is 7.37. The third-order valence-electron chi connectivity index (χ3n) is 3.99. The lowest BCUT2D eigenvalue weighted by Crippen LogP contribution is -2.30. The van der Waals surface area contributed by atoms with Crippen molar-refractivity contribution < 1.29 is 17.9 Å². The lowest BCUT2D eigenvalue weighted by atomic mass is 10.1. The van der Waals surface area contributed by atoms with E-state index >= 15 is 0 Å². The lowest BCUT2D eigenvalue weighted by molar-refractivity contribution is 0.377. The van der Waals surface area contributed by atoms with Crippen LogP contribution in [0.3, 0.4) is 0 Å². The molecule has 2 aromatic rings. The Balaban J connectivity index is 2.48. The van der Waals surface area contributed by atoms with Crippen molar-refractivity contribution in [3.8, 4) is 11.5 Å². The Morgan fingerprint density at radius 1 is 1.04 bits per heavy atom. The molecule has 0 aliphatic heterocycles. The number of sulfonamides is 1. The Hall–Kier alpha value is -1.47. The molecule has 25 heavy (non-hydrogen) atoms. The van der Waals surface area contributed by atoms with E-state index in [1.165, 1.54) is 31.6 Å². The van der Waals surface area contributed by atoms with Crippen LogP contribution in [-0.2, 0) is 10.0 Å². The minimum atomic E-state index is -3.85. The van der Waals surface area contributed by atoms with Gasteiger partial charge >= 0.3 is 0 Å². The van der Waals surface area contributed by atoms with E-state index in [0.717, 1.165) is 0 Å². The second-order valence-corrected chi connectivity index (χ2v) is 8.19. The maximum Gasteiger partial charge on any atom is 0.247 e. The number of rotatable bonds is 6. The summed E-state index contributed by atoms with van der Waals surface area (Å²) >= 11 is 12.1. The van der Waals surface area contributed by atoms with E-state index in [0.29, 0.717) is 21.4 Å². The molecule has 5 nitrogen and oxygen atoms in total. The highest BCUT2D eigenvalue weighted by atomic mass is 35.5. The summed E-state index contributed by atoms with van der Waals surface area (Å²) in [4.78, 5) is 0.0220. The summed E-state index contributed by atoms with van der Waals surface area (Å²) in [7, 11) is 0.525. The summed E-state index contributed by atoms with van der Waals surface area (Å²) in [6.45, 7) is 1.75. The molecule has 0 spiro atoms. The van der Waals surface area contributed by atoms with Crippen LogP contribution in [0.25, 0.3) is 0 Å². The first kappa shape index (κ1) is 19.8. The first-order chi connectivity index (χ1) is 11.7. The summed E-state index contributed by atoms with van der Waals surface area (Å²) in [5.74, 6) is 0.659. The molecule has 0 fully saturated rings. The van der Waals surface area contributed by atoms with Crippen LogP contribution in [0, 0.1) is 0 Å². The molecule has 0 heterocycles. The Morgan fingerprint density at radius 3 is 2.28 bits per heavy atom. The fraction of sp³-hybridized carbons (Fsp3) is 0.294. The maximum absolute atomic E-state index is 13.1. The number of nitrogens with zero attached hydrogens (tertiary/aromatic N) is 1. The van der Waals surface area contributed by atoms with Gasteiger partial charge in [0, 0.05) is 29.2 Å². The van der Waals surface area contributed by atoms with E-state index in [9.17, 15) is 8.42 Å². The highest BCUT2D eigenvalue weighted by Crippen LogP contribution is 2.35. The summed E-state index contributed by atoms with van der Waals surface area (Å²) in [6, 6.07) is 9.08. The summed E-state index contributed by atoms with van der Waals surface area (Å²) in [6.07, 6.45) is 0. The molecule has 2 aromatic carbocycles. The Morgan fingerprint density at radius 2 is 1.72 bits per heavy atom. The molecular weight excluding hydrogens is 385 g/mol. The number of hydrogen-bond donors (Lipinski definition) is 0. The molecule has 0 aromatic heterocycles. The molecule has 1 atom stereocenters.